The van der Waals surface area contributed by atoms with Crippen molar-refractivity contribution in [1.82, 2.24) is 14.6 Å². The number of carbonyl (C=O) groups excluding carboxylic acids is 2. The quantitative estimate of drug-likeness (QED) is 0.551. The minimum atomic E-state index is -0.603. The van der Waals surface area contributed by atoms with E-state index >= 15 is 0 Å². The van der Waals surface area contributed by atoms with Crippen LogP contribution in [-0.2, 0) is 22.6 Å². The highest BCUT2D eigenvalue weighted by atomic mass is 32.1. The van der Waals surface area contributed by atoms with Gasteiger partial charge in [-0.15, -0.1) is 0 Å². The van der Waals surface area contributed by atoms with Crippen molar-refractivity contribution in [3.8, 4) is 0 Å². The summed E-state index contributed by atoms with van der Waals surface area (Å²) in [6, 6.07) is 7.96. The number of hydrogen-bond acceptors (Lipinski definition) is 7. The second kappa shape index (κ2) is 9.62. The summed E-state index contributed by atoms with van der Waals surface area (Å²) in [4.78, 5) is 41.6. The molecule has 3 rings (SSSR count). The smallest absolute Gasteiger partial charge is 0.340 e. The van der Waals surface area contributed by atoms with Crippen LogP contribution >= 0.6 is 11.3 Å². The standard InChI is InChI=1S/C21H24N4O4S/c1-4-7-17(26)23-16-9-6-5-8-15(16)20(28)29-12-14-11-19(27)25-21(22-14)30-18(24-25)10-13(2)3/h5-6,8-9,11,13H,4,7,10,12H2,1-3H3,(H,23,26). The van der Waals surface area contributed by atoms with Crippen LogP contribution in [0.3, 0.4) is 0 Å². The molecule has 0 saturated heterocycles. The number of ether oxygens (including phenoxy) is 1. The van der Waals surface area contributed by atoms with E-state index in [9.17, 15) is 14.4 Å². The van der Waals surface area contributed by atoms with E-state index in [1.165, 1.54) is 21.9 Å². The van der Waals surface area contributed by atoms with Crippen LogP contribution in [0.25, 0.3) is 4.96 Å². The van der Waals surface area contributed by atoms with Gasteiger partial charge in [0, 0.05) is 18.9 Å². The fourth-order valence-electron chi connectivity index (χ4n) is 2.83. The molecule has 158 valence electrons. The van der Waals surface area contributed by atoms with E-state index in [0.29, 0.717) is 35.1 Å². The molecule has 0 spiro atoms. The molecule has 2 heterocycles. The third-order valence-electron chi connectivity index (χ3n) is 4.17. The van der Waals surface area contributed by atoms with Crippen LogP contribution in [0.1, 0.15) is 54.7 Å². The van der Waals surface area contributed by atoms with Crippen molar-refractivity contribution in [1.29, 1.82) is 0 Å². The van der Waals surface area contributed by atoms with Crippen LogP contribution in [0.15, 0.2) is 35.1 Å². The summed E-state index contributed by atoms with van der Waals surface area (Å²) in [5.74, 6) is -0.353. The Morgan fingerprint density at radius 2 is 2.03 bits per heavy atom. The van der Waals surface area contributed by atoms with Gasteiger partial charge in [-0.2, -0.15) is 9.61 Å². The Morgan fingerprint density at radius 3 is 2.77 bits per heavy atom. The van der Waals surface area contributed by atoms with Gasteiger partial charge < -0.3 is 10.1 Å². The van der Waals surface area contributed by atoms with Gasteiger partial charge in [0.2, 0.25) is 10.9 Å². The molecule has 0 aliphatic rings. The van der Waals surface area contributed by atoms with Crippen molar-refractivity contribution in [3.63, 3.8) is 0 Å². The molecule has 0 fully saturated rings. The number of para-hydroxylation sites is 1. The first-order valence-corrected chi connectivity index (χ1v) is 10.6. The number of anilines is 1. The normalized spacial score (nSPS) is 11.1. The summed E-state index contributed by atoms with van der Waals surface area (Å²) < 4.78 is 6.63. The minimum Gasteiger partial charge on any atom is -0.456 e. The number of carbonyl (C=O) groups is 2. The van der Waals surface area contributed by atoms with Crippen LogP contribution in [-0.4, -0.2) is 26.5 Å². The van der Waals surface area contributed by atoms with E-state index in [4.69, 9.17) is 4.74 Å². The Hall–Kier alpha value is -3.07. The number of nitrogens with zero attached hydrogens (tertiary/aromatic N) is 3. The van der Waals surface area contributed by atoms with Gasteiger partial charge in [-0.3, -0.25) is 9.59 Å². The van der Waals surface area contributed by atoms with Crippen molar-refractivity contribution in [2.75, 3.05) is 5.32 Å². The first-order valence-electron chi connectivity index (χ1n) is 9.82. The fraction of sp³-hybridized carbons (Fsp3) is 0.381. The van der Waals surface area contributed by atoms with Gasteiger partial charge in [0.15, 0.2) is 0 Å². The van der Waals surface area contributed by atoms with Crippen LogP contribution in [0, 0.1) is 5.92 Å². The van der Waals surface area contributed by atoms with E-state index in [1.807, 2.05) is 6.92 Å². The van der Waals surface area contributed by atoms with Crippen molar-refractivity contribution in [2.45, 2.75) is 46.6 Å². The van der Waals surface area contributed by atoms with E-state index in [0.717, 1.165) is 11.4 Å². The SMILES string of the molecule is CCCC(=O)Nc1ccccc1C(=O)OCc1cc(=O)n2nc(CC(C)C)sc2n1. The average molecular weight is 429 g/mol. The molecule has 0 aliphatic heterocycles. The van der Waals surface area contributed by atoms with Gasteiger partial charge in [-0.1, -0.05) is 44.2 Å². The van der Waals surface area contributed by atoms with Gasteiger partial charge in [0.1, 0.15) is 11.6 Å². The molecule has 9 heteroatoms. The average Bonchev–Trinajstić information content (AvgIpc) is 3.09. The minimum absolute atomic E-state index is 0.154. The molecule has 1 amide bonds. The zero-order chi connectivity index (χ0) is 21.7. The second-order valence-electron chi connectivity index (χ2n) is 7.29. The van der Waals surface area contributed by atoms with Crippen molar-refractivity contribution in [2.24, 2.45) is 5.92 Å². The molecule has 1 aromatic carbocycles. The van der Waals surface area contributed by atoms with Gasteiger partial charge in [0.25, 0.3) is 5.56 Å². The summed E-state index contributed by atoms with van der Waals surface area (Å²) in [5, 5.41) is 7.86. The molecule has 2 aromatic heterocycles. The van der Waals surface area contributed by atoms with Crippen LogP contribution in [0.2, 0.25) is 0 Å². The summed E-state index contributed by atoms with van der Waals surface area (Å²) in [7, 11) is 0. The van der Waals surface area contributed by atoms with E-state index in [1.54, 1.807) is 24.3 Å². The third kappa shape index (κ3) is 5.29. The summed E-state index contributed by atoms with van der Waals surface area (Å²) in [5.41, 5.74) is 0.673. The maximum atomic E-state index is 12.6. The number of aromatic nitrogens is 3. The van der Waals surface area contributed by atoms with E-state index < -0.39 is 5.97 Å². The van der Waals surface area contributed by atoms with Crippen molar-refractivity contribution in [3.05, 3.63) is 57.0 Å². The highest BCUT2D eigenvalue weighted by molar-refractivity contribution is 7.16. The molecule has 0 bridgehead atoms. The lowest BCUT2D eigenvalue weighted by Gasteiger charge is -2.10. The summed E-state index contributed by atoms with van der Waals surface area (Å²) >= 11 is 1.35. The predicted molar refractivity (Wildman–Crippen MR) is 115 cm³/mol. The lowest BCUT2D eigenvalue weighted by Crippen LogP contribution is -2.18. The topological polar surface area (TPSA) is 103 Å². The summed E-state index contributed by atoms with van der Waals surface area (Å²) in [6.45, 7) is 5.91. The lowest BCUT2D eigenvalue weighted by molar-refractivity contribution is -0.116. The number of nitrogens with one attached hydrogen (secondary N) is 1. The number of benzene rings is 1. The molecule has 0 atom stereocenters. The number of amides is 1. The molecule has 1 N–H and O–H groups in total. The van der Waals surface area contributed by atoms with Crippen LogP contribution in [0.4, 0.5) is 5.69 Å². The number of esters is 1. The highest BCUT2D eigenvalue weighted by Gasteiger charge is 2.16. The molecular weight excluding hydrogens is 404 g/mol. The summed E-state index contributed by atoms with van der Waals surface area (Å²) in [6.07, 6.45) is 1.84. The number of hydrogen-bond donors (Lipinski definition) is 1. The van der Waals surface area contributed by atoms with Gasteiger partial charge in [0.05, 0.1) is 16.9 Å². The number of fused-ring (bicyclic) bond motifs is 1. The molecule has 0 unspecified atom stereocenters. The highest BCUT2D eigenvalue weighted by Crippen LogP contribution is 2.18. The first kappa shape index (κ1) is 21.6. The van der Waals surface area contributed by atoms with Gasteiger partial charge >= 0.3 is 5.97 Å². The maximum Gasteiger partial charge on any atom is 0.340 e. The second-order valence-corrected chi connectivity index (χ2v) is 8.33. The zero-order valence-corrected chi connectivity index (χ0v) is 18.0. The number of rotatable bonds is 8. The largest absolute Gasteiger partial charge is 0.456 e. The van der Waals surface area contributed by atoms with Crippen LogP contribution < -0.4 is 10.9 Å². The molecule has 30 heavy (non-hydrogen) atoms. The molecule has 0 radical (unpaired) electrons. The van der Waals surface area contributed by atoms with Gasteiger partial charge in [-0.05, 0) is 24.5 Å². The third-order valence-corrected chi connectivity index (χ3v) is 5.10. The Kier molecular flexibility index (Phi) is 6.94. The molecular formula is C21H24N4O4S. The van der Waals surface area contributed by atoms with Crippen molar-refractivity contribution >= 4 is 33.9 Å². The molecule has 0 aliphatic carbocycles. The molecule has 3 aromatic rings. The Labute approximate surface area is 177 Å². The monoisotopic (exact) mass is 428 g/mol. The fourth-order valence-corrected chi connectivity index (χ4v) is 3.96. The Balaban J connectivity index is 1.74. The van der Waals surface area contributed by atoms with Crippen molar-refractivity contribution < 1.29 is 14.3 Å². The Morgan fingerprint density at radius 1 is 1.27 bits per heavy atom. The van der Waals surface area contributed by atoms with E-state index in [-0.39, 0.29) is 23.6 Å². The molecule has 0 saturated carbocycles. The lowest BCUT2D eigenvalue weighted by atomic mass is 10.1. The molecule has 8 nitrogen and oxygen atoms in total. The maximum absolute atomic E-state index is 12.6. The van der Waals surface area contributed by atoms with Crippen LogP contribution in [0.5, 0.6) is 0 Å². The zero-order valence-electron chi connectivity index (χ0n) is 17.2. The Bertz CT molecular complexity index is 1120. The first-order chi connectivity index (χ1) is 14.4. The van der Waals surface area contributed by atoms with Gasteiger partial charge in [-0.25, -0.2) is 9.78 Å². The predicted octanol–water partition coefficient (Wildman–Crippen LogP) is 3.45. The van der Waals surface area contributed by atoms with E-state index in [2.05, 4.69) is 29.2 Å².